The van der Waals surface area contributed by atoms with E-state index in [9.17, 15) is 4.79 Å². The first kappa shape index (κ1) is 18.3. The van der Waals surface area contributed by atoms with Crippen molar-refractivity contribution in [3.8, 4) is 11.5 Å². The van der Waals surface area contributed by atoms with Crippen LogP contribution < -0.4 is 14.9 Å². The summed E-state index contributed by atoms with van der Waals surface area (Å²) in [6.07, 6.45) is 2.29. The molecule has 0 bridgehead atoms. The highest BCUT2D eigenvalue weighted by Gasteiger charge is 2.16. The highest BCUT2D eigenvalue weighted by Crippen LogP contribution is 2.29. The van der Waals surface area contributed by atoms with Crippen LogP contribution in [0.1, 0.15) is 37.9 Å². The lowest BCUT2D eigenvalue weighted by Gasteiger charge is -2.21. The van der Waals surface area contributed by atoms with Crippen LogP contribution in [-0.4, -0.2) is 37.2 Å². The van der Waals surface area contributed by atoms with E-state index in [1.54, 1.807) is 26.4 Å². The molecule has 24 heavy (non-hydrogen) atoms. The van der Waals surface area contributed by atoms with E-state index in [4.69, 9.17) is 9.47 Å². The molecule has 0 amide bonds. The largest absolute Gasteiger partial charge is 0.497 e. The second-order valence-electron chi connectivity index (χ2n) is 6.03. The minimum absolute atomic E-state index is 0.0494. The van der Waals surface area contributed by atoms with Crippen molar-refractivity contribution in [3.05, 3.63) is 33.6 Å². The Bertz CT molecular complexity index is 752. The van der Waals surface area contributed by atoms with Gasteiger partial charge in [0.15, 0.2) is 5.43 Å². The van der Waals surface area contributed by atoms with Crippen LogP contribution in [-0.2, 0) is 6.54 Å². The molecule has 0 fully saturated rings. The molecule has 0 aliphatic heterocycles. The molecule has 0 spiro atoms. The molecule has 2 rings (SSSR count). The summed E-state index contributed by atoms with van der Waals surface area (Å²) in [6, 6.07) is 3.57. The average molecular weight is 332 g/mol. The van der Waals surface area contributed by atoms with Crippen LogP contribution in [0.3, 0.4) is 0 Å². The number of fused-ring (bicyclic) bond motifs is 1. The normalized spacial score (nSPS) is 11.2. The van der Waals surface area contributed by atoms with Gasteiger partial charge < -0.3 is 14.5 Å². The number of aromatic nitrogens is 1. The molecule has 0 saturated heterocycles. The highest BCUT2D eigenvalue weighted by atomic mass is 16.5. The maximum absolute atomic E-state index is 13.1. The highest BCUT2D eigenvalue weighted by molar-refractivity contribution is 5.86. The third-order valence-corrected chi connectivity index (χ3v) is 4.47. The number of rotatable bonds is 8. The summed E-state index contributed by atoms with van der Waals surface area (Å²) in [5.41, 5.74) is 2.48. The Labute approximate surface area is 143 Å². The number of methoxy groups -OCH3 is 2. The first-order valence-electron chi connectivity index (χ1n) is 8.55. The Kier molecular flexibility index (Phi) is 6.26. The molecular formula is C19H28N2O3. The van der Waals surface area contributed by atoms with E-state index in [0.717, 1.165) is 42.7 Å². The van der Waals surface area contributed by atoms with Crippen LogP contribution in [0.15, 0.2) is 16.9 Å². The van der Waals surface area contributed by atoms with E-state index >= 15 is 0 Å². The minimum Gasteiger partial charge on any atom is -0.497 e. The van der Waals surface area contributed by atoms with Crippen molar-refractivity contribution in [1.29, 1.82) is 0 Å². The lowest BCUT2D eigenvalue weighted by molar-refractivity contribution is 0.274. The number of nitrogens with one attached hydrogen (secondary N) is 1. The van der Waals surface area contributed by atoms with E-state index in [2.05, 4.69) is 23.7 Å². The van der Waals surface area contributed by atoms with Crippen LogP contribution in [0.2, 0.25) is 0 Å². The fraction of sp³-hybridized carbons (Fsp3) is 0.526. The van der Waals surface area contributed by atoms with Crippen molar-refractivity contribution in [2.75, 3.05) is 27.3 Å². The second kappa shape index (κ2) is 8.20. The van der Waals surface area contributed by atoms with Gasteiger partial charge in [-0.2, -0.15) is 0 Å². The standard InChI is InChI=1S/C19H28N2O3/c1-6-8-9-21(7-2)12-16-13(3)20-18-15(19(16)22)10-14(23-4)11-17(18)24-5/h10-11H,6-9,12H2,1-5H3,(H,20,22). The molecular weight excluding hydrogens is 304 g/mol. The average Bonchev–Trinajstić information content (AvgIpc) is 2.60. The van der Waals surface area contributed by atoms with Crippen LogP contribution in [0.25, 0.3) is 10.9 Å². The van der Waals surface area contributed by atoms with Gasteiger partial charge in [0.1, 0.15) is 11.5 Å². The molecule has 0 atom stereocenters. The second-order valence-corrected chi connectivity index (χ2v) is 6.03. The predicted octanol–water partition coefficient (Wildman–Crippen LogP) is 3.48. The summed E-state index contributed by atoms with van der Waals surface area (Å²) in [7, 11) is 3.19. The zero-order valence-corrected chi connectivity index (χ0v) is 15.4. The molecule has 0 saturated carbocycles. The molecule has 1 aromatic heterocycles. The van der Waals surface area contributed by atoms with Crippen molar-refractivity contribution in [2.24, 2.45) is 0 Å². The molecule has 2 aromatic rings. The number of aromatic amines is 1. The summed E-state index contributed by atoms with van der Waals surface area (Å²) in [4.78, 5) is 18.7. The van der Waals surface area contributed by atoms with Crippen molar-refractivity contribution >= 4 is 10.9 Å². The summed E-state index contributed by atoms with van der Waals surface area (Å²) in [5, 5.41) is 0.610. The summed E-state index contributed by atoms with van der Waals surface area (Å²) in [6.45, 7) is 8.86. The number of pyridine rings is 1. The quantitative estimate of drug-likeness (QED) is 0.804. The van der Waals surface area contributed by atoms with Gasteiger partial charge in [-0.1, -0.05) is 20.3 Å². The van der Waals surface area contributed by atoms with Gasteiger partial charge >= 0.3 is 0 Å². The van der Waals surface area contributed by atoms with Crippen molar-refractivity contribution in [3.63, 3.8) is 0 Å². The lowest BCUT2D eigenvalue weighted by Crippen LogP contribution is -2.28. The number of H-pyrrole nitrogens is 1. The number of nitrogens with zero attached hydrogens (tertiary/aromatic N) is 1. The Morgan fingerprint density at radius 1 is 1.17 bits per heavy atom. The Morgan fingerprint density at radius 3 is 2.50 bits per heavy atom. The van der Waals surface area contributed by atoms with E-state index in [1.807, 2.05) is 6.92 Å². The summed E-state index contributed by atoms with van der Waals surface area (Å²) in [5.74, 6) is 1.24. The van der Waals surface area contributed by atoms with Gasteiger partial charge in [0.05, 0.1) is 25.1 Å². The molecule has 0 unspecified atom stereocenters. The number of ether oxygens (including phenoxy) is 2. The van der Waals surface area contributed by atoms with Crippen molar-refractivity contribution in [2.45, 2.75) is 40.2 Å². The van der Waals surface area contributed by atoms with Gasteiger partial charge in [0.2, 0.25) is 0 Å². The Balaban J connectivity index is 2.53. The SMILES string of the molecule is CCCCN(CC)Cc1c(C)[nH]c2c(OC)cc(OC)cc2c1=O. The molecule has 132 valence electrons. The zero-order valence-electron chi connectivity index (χ0n) is 15.4. The van der Waals surface area contributed by atoms with Gasteiger partial charge in [-0.3, -0.25) is 9.69 Å². The molecule has 0 radical (unpaired) electrons. The topological polar surface area (TPSA) is 54.6 Å². The summed E-state index contributed by atoms with van der Waals surface area (Å²) >= 11 is 0. The fourth-order valence-electron chi connectivity index (χ4n) is 2.92. The van der Waals surface area contributed by atoms with Crippen LogP contribution >= 0.6 is 0 Å². The first-order chi connectivity index (χ1) is 11.5. The number of unbranched alkanes of at least 4 members (excludes halogenated alkanes) is 1. The smallest absolute Gasteiger partial charge is 0.194 e. The number of hydrogen-bond acceptors (Lipinski definition) is 4. The molecule has 1 N–H and O–H groups in total. The number of benzene rings is 1. The Hall–Kier alpha value is -2.01. The van der Waals surface area contributed by atoms with Crippen LogP contribution in [0, 0.1) is 6.92 Å². The molecule has 5 heteroatoms. The molecule has 5 nitrogen and oxygen atoms in total. The monoisotopic (exact) mass is 332 g/mol. The van der Waals surface area contributed by atoms with Gasteiger partial charge in [0, 0.05) is 23.9 Å². The molecule has 0 aliphatic rings. The van der Waals surface area contributed by atoms with Gasteiger partial charge in [-0.25, -0.2) is 0 Å². The minimum atomic E-state index is 0.0494. The predicted molar refractivity (Wildman–Crippen MR) is 98.3 cm³/mol. The van der Waals surface area contributed by atoms with E-state index in [-0.39, 0.29) is 5.43 Å². The number of aryl methyl sites for hydroxylation is 1. The van der Waals surface area contributed by atoms with E-state index in [1.165, 1.54) is 0 Å². The van der Waals surface area contributed by atoms with Crippen LogP contribution in [0.4, 0.5) is 0 Å². The van der Waals surface area contributed by atoms with Crippen molar-refractivity contribution in [1.82, 2.24) is 9.88 Å². The fourth-order valence-corrected chi connectivity index (χ4v) is 2.92. The van der Waals surface area contributed by atoms with Crippen molar-refractivity contribution < 1.29 is 9.47 Å². The maximum atomic E-state index is 13.1. The maximum Gasteiger partial charge on any atom is 0.194 e. The van der Waals surface area contributed by atoms with Gasteiger partial charge in [-0.15, -0.1) is 0 Å². The van der Waals surface area contributed by atoms with E-state index < -0.39 is 0 Å². The molecule has 1 aromatic carbocycles. The first-order valence-corrected chi connectivity index (χ1v) is 8.55. The van der Waals surface area contributed by atoms with Gasteiger partial charge in [0.25, 0.3) is 0 Å². The lowest BCUT2D eigenvalue weighted by atomic mass is 10.1. The molecule has 0 aliphatic carbocycles. The summed E-state index contributed by atoms with van der Waals surface area (Å²) < 4.78 is 10.7. The third-order valence-electron chi connectivity index (χ3n) is 4.47. The Morgan fingerprint density at radius 2 is 1.92 bits per heavy atom. The number of hydrogen-bond donors (Lipinski definition) is 1. The van der Waals surface area contributed by atoms with Crippen LogP contribution in [0.5, 0.6) is 11.5 Å². The third kappa shape index (κ3) is 3.73. The van der Waals surface area contributed by atoms with E-state index in [0.29, 0.717) is 23.4 Å². The molecule has 1 heterocycles. The zero-order chi connectivity index (χ0) is 17.7. The van der Waals surface area contributed by atoms with Gasteiger partial charge in [-0.05, 0) is 32.5 Å².